The van der Waals surface area contributed by atoms with Gasteiger partial charge in [-0.05, 0) is 42.5 Å². The molecule has 7 heteroatoms. The van der Waals surface area contributed by atoms with E-state index in [0.717, 1.165) is 24.2 Å². The number of nitrogens with one attached hydrogen (secondary N) is 1. The molecular formula is C14H17NO5S. The SMILES string of the molecule is O=C(O)CC(NS(=O)(=O)c1ccc2c(c1)CCO2)C1CC1. The number of aliphatic carboxylic acids is 1. The monoisotopic (exact) mass is 311 g/mol. The van der Waals surface area contributed by atoms with Crippen molar-refractivity contribution in [1.29, 1.82) is 0 Å². The van der Waals surface area contributed by atoms with Crippen LogP contribution in [0, 0.1) is 5.92 Å². The van der Waals surface area contributed by atoms with E-state index in [2.05, 4.69) is 4.72 Å². The first kappa shape index (κ1) is 14.3. The Labute approximate surface area is 123 Å². The van der Waals surface area contributed by atoms with Gasteiger partial charge in [0.05, 0.1) is 17.9 Å². The van der Waals surface area contributed by atoms with Crippen molar-refractivity contribution < 1.29 is 23.1 Å². The maximum Gasteiger partial charge on any atom is 0.304 e. The molecule has 1 atom stereocenters. The first-order valence-corrected chi connectivity index (χ1v) is 8.44. The van der Waals surface area contributed by atoms with Gasteiger partial charge in [-0.1, -0.05) is 0 Å². The van der Waals surface area contributed by atoms with Crippen LogP contribution in [-0.2, 0) is 21.2 Å². The van der Waals surface area contributed by atoms with Gasteiger partial charge in [-0.3, -0.25) is 4.79 Å². The van der Waals surface area contributed by atoms with Crippen LogP contribution in [0.4, 0.5) is 0 Å². The van der Waals surface area contributed by atoms with E-state index in [4.69, 9.17) is 9.84 Å². The summed E-state index contributed by atoms with van der Waals surface area (Å²) in [5.41, 5.74) is 0.874. The third kappa shape index (κ3) is 3.19. The summed E-state index contributed by atoms with van der Waals surface area (Å²) in [6.07, 6.45) is 2.26. The highest BCUT2D eigenvalue weighted by molar-refractivity contribution is 7.89. The Morgan fingerprint density at radius 2 is 2.19 bits per heavy atom. The molecule has 6 nitrogen and oxygen atoms in total. The standard InChI is InChI=1S/C14H17NO5S/c16-14(17)8-12(9-1-2-9)15-21(18,19)11-3-4-13-10(7-11)5-6-20-13/h3-4,7,9,12,15H,1-2,5-6,8H2,(H,16,17). The van der Waals surface area contributed by atoms with Gasteiger partial charge in [0, 0.05) is 12.5 Å². The summed E-state index contributed by atoms with van der Waals surface area (Å²) in [6.45, 7) is 0.565. The summed E-state index contributed by atoms with van der Waals surface area (Å²) in [5.74, 6) is -0.135. The second-order valence-corrected chi connectivity index (χ2v) is 7.25. The average molecular weight is 311 g/mol. The lowest BCUT2D eigenvalue weighted by Gasteiger charge is -2.16. The number of benzene rings is 1. The van der Waals surface area contributed by atoms with E-state index in [1.165, 1.54) is 6.07 Å². The molecule has 1 heterocycles. The van der Waals surface area contributed by atoms with E-state index in [1.54, 1.807) is 12.1 Å². The van der Waals surface area contributed by atoms with Crippen LogP contribution < -0.4 is 9.46 Å². The van der Waals surface area contributed by atoms with Crippen LogP contribution >= 0.6 is 0 Å². The van der Waals surface area contributed by atoms with Gasteiger partial charge in [0.15, 0.2) is 0 Å². The Morgan fingerprint density at radius 1 is 1.43 bits per heavy atom. The molecular weight excluding hydrogens is 294 g/mol. The maximum absolute atomic E-state index is 12.4. The summed E-state index contributed by atoms with van der Waals surface area (Å²) in [5, 5.41) is 8.90. The molecule has 2 aliphatic rings. The molecule has 21 heavy (non-hydrogen) atoms. The van der Waals surface area contributed by atoms with Crippen LogP contribution in [0.3, 0.4) is 0 Å². The molecule has 1 fully saturated rings. The zero-order chi connectivity index (χ0) is 15.0. The van der Waals surface area contributed by atoms with E-state index < -0.39 is 22.0 Å². The van der Waals surface area contributed by atoms with Crippen molar-refractivity contribution >= 4 is 16.0 Å². The predicted octanol–water partition coefficient (Wildman–Crippen LogP) is 1.15. The van der Waals surface area contributed by atoms with Crippen molar-refractivity contribution in [3.8, 4) is 5.75 Å². The fourth-order valence-electron chi connectivity index (χ4n) is 2.59. The van der Waals surface area contributed by atoms with Crippen LogP contribution in [0.2, 0.25) is 0 Å². The lowest BCUT2D eigenvalue weighted by Crippen LogP contribution is -2.38. The van der Waals surface area contributed by atoms with Crippen LogP contribution in [0.5, 0.6) is 5.75 Å². The maximum atomic E-state index is 12.4. The van der Waals surface area contributed by atoms with E-state index in [9.17, 15) is 13.2 Å². The van der Waals surface area contributed by atoms with E-state index in [0.29, 0.717) is 13.0 Å². The minimum atomic E-state index is -3.70. The predicted molar refractivity (Wildman–Crippen MR) is 74.7 cm³/mol. The summed E-state index contributed by atoms with van der Waals surface area (Å²) >= 11 is 0. The molecule has 1 aliphatic carbocycles. The zero-order valence-corrected chi connectivity index (χ0v) is 12.2. The van der Waals surface area contributed by atoms with E-state index in [1.807, 2.05) is 0 Å². The van der Waals surface area contributed by atoms with Gasteiger partial charge < -0.3 is 9.84 Å². The van der Waals surface area contributed by atoms with Crippen molar-refractivity contribution in [3.05, 3.63) is 23.8 Å². The number of hydrogen-bond donors (Lipinski definition) is 2. The number of ether oxygens (including phenoxy) is 1. The quantitative estimate of drug-likeness (QED) is 0.822. The first-order chi connectivity index (χ1) is 9.95. The molecule has 0 aromatic heterocycles. The van der Waals surface area contributed by atoms with Crippen molar-refractivity contribution in [1.82, 2.24) is 4.72 Å². The third-order valence-corrected chi connectivity index (χ3v) is 5.35. The molecule has 1 saturated carbocycles. The van der Waals surface area contributed by atoms with Crippen LogP contribution in [0.1, 0.15) is 24.8 Å². The molecule has 0 radical (unpaired) electrons. The highest BCUT2D eigenvalue weighted by Gasteiger charge is 2.35. The number of sulfonamides is 1. The Kier molecular flexibility index (Phi) is 3.62. The van der Waals surface area contributed by atoms with Gasteiger partial charge in [-0.15, -0.1) is 0 Å². The number of carboxylic acid groups (broad SMARTS) is 1. The highest BCUT2D eigenvalue weighted by atomic mass is 32.2. The largest absolute Gasteiger partial charge is 0.493 e. The molecule has 114 valence electrons. The number of carbonyl (C=O) groups is 1. The van der Waals surface area contributed by atoms with Crippen LogP contribution in [-0.4, -0.2) is 32.1 Å². The van der Waals surface area contributed by atoms with E-state index in [-0.39, 0.29) is 17.2 Å². The fraction of sp³-hybridized carbons (Fsp3) is 0.500. The van der Waals surface area contributed by atoms with Gasteiger partial charge >= 0.3 is 5.97 Å². The Morgan fingerprint density at radius 3 is 2.86 bits per heavy atom. The fourth-order valence-corrected chi connectivity index (χ4v) is 3.94. The molecule has 2 N–H and O–H groups in total. The van der Waals surface area contributed by atoms with Gasteiger partial charge in [0.25, 0.3) is 0 Å². The lowest BCUT2D eigenvalue weighted by molar-refractivity contribution is -0.137. The van der Waals surface area contributed by atoms with Crippen LogP contribution in [0.15, 0.2) is 23.1 Å². The second-order valence-electron chi connectivity index (χ2n) is 5.53. The molecule has 0 spiro atoms. The molecule has 0 bridgehead atoms. The molecule has 3 rings (SSSR count). The lowest BCUT2D eigenvalue weighted by atomic mass is 10.1. The van der Waals surface area contributed by atoms with Gasteiger partial charge in [-0.25, -0.2) is 13.1 Å². The van der Waals surface area contributed by atoms with Crippen molar-refractivity contribution in [3.63, 3.8) is 0 Å². The molecule has 1 aliphatic heterocycles. The number of carboxylic acids is 1. The number of fused-ring (bicyclic) bond motifs is 1. The zero-order valence-electron chi connectivity index (χ0n) is 11.4. The van der Waals surface area contributed by atoms with Gasteiger partial charge in [-0.2, -0.15) is 0 Å². The average Bonchev–Trinajstić information content (AvgIpc) is 3.14. The second kappa shape index (κ2) is 5.31. The summed E-state index contributed by atoms with van der Waals surface area (Å²) in [6, 6.07) is 4.23. The van der Waals surface area contributed by atoms with Crippen molar-refractivity contribution in [2.24, 2.45) is 5.92 Å². The Hall–Kier alpha value is -1.60. The topological polar surface area (TPSA) is 92.7 Å². The van der Waals surface area contributed by atoms with Gasteiger partial charge in [0.1, 0.15) is 5.75 Å². The number of hydrogen-bond acceptors (Lipinski definition) is 4. The van der Waals surface area contributed by atoms with Crippen molar-refractivity contribution in [2.45, 2.75) is 36.6 Å². The number of rotatable bonds is 6. The molecule has 1 aromatic carbocycles. The highest BCUT2D eigenvalue weighted by Crippen LogP contribution is 2.35. The minimum Gasteiger partial charge on any atom is -0.493 e. The first-order valence-electron chi connectivity index (χ1n) is 6.95. The van der Waals surface area contributed by atoms with E-state index >= 15 is 0 Å². The Bertz CT molecular complexity index is 666. The minimum absolute atomic E-state index is 0.133. The van der Waals surface area contributed by atoms with Crippen LogP contribution in [0.25, 0.3) is 0 Å². The summed E-state index contributed by atoms with van der Waals surface area (Å²) in [7, 11) is -3.70. The smallest absolute Gasteiger partial charge is 0.304 e. The molecule has 1 aromatic rings. The van der Waals surface area contributed by atoms with Crippen molar-refractivity contribution in [2.75, 3.05) is 6.61 Å². The molecule has 0 amide bonds. The summed E-state index contributed by atoms with van der Waals surface area (Å²) in [4.78, 5) is 11.0. The molecule has 0 saturated heterocycles. The van der Waals surface area contributed by atoms with Gasteiger partial charge in [0.2, 0.25) is 10.0 Å². The Balaban J connectivity index is 1.80. The summed E-state index contributed by atoms with van der Waals surface area (Å²) < 4.78 is 32.7. The molecule has 1 unspecified atom stereocenters. The normalized spacial score (nSPS) is 18.9. The third-order valence-electron chi connectivity index (χ3n) is 3.86.